The van der Waals surface area contributed by atoms with Gasteiger partial charge in [0.05, 0.1) is 29.1 Å². The van der Waals surface area contributed by atoms with Crippen LogP contribution in [0, 0.1) is 6.92 Å². The van der Waals surface area contributed by atoms with E-state index in [1.54, 1.807) is 6.20 Å². The minimum Gasteiger partial charge on any atom is -0.375 e. The summed E-state index contributed by atoms with van der Waals surface area (Å²) in [5, 5.41) is 4.32. The molecule has 0 unspecified atom stereocenters. The van der Waals surface area contributed by atoms with Crippen molar-refractivity contribution in [3.8, 4) is 0 Å². The van der Waals surface area contributed by atoms with E-state index in [0.717, 1.165) is 28.0 Å². The fourth-order valence-electron chi connectivity index (χ4n) is 1.73. The van der Waals surface area contributed by atoms with Crippen molar-refractivity contribution in [3.63, 3.8) is 0 Å². The Balaban J connectivity index is 1.82. The molecule has 18 heavy (non-hydrogen) atoms. The highest BCUT2D eigenvalue weighted by molar-refractivity contribution is 9.10. The van der Waals surface area contributed by atoms with Crippen molar-refractivity contribution in [2.45, 2.75) is 20.0 Å². The molecule has 0 aromatic carbocycles. The molecule has 2 aromatic rings. The lowest BCUT2D eigenvalue weighted by atomic mass is 10.3. The van der Waals surface area contributed by atoms with Gasteiger partial charge in [0.25, 0.3) is 0 Å². The molecule has 0 radical (unpaired) electrons. The van der Waals surface area contributed by atoms with Crippen LogP contribution in [0.3, 0.4) is 0 Å². The molecule has 0 N–H and O–H groups in total. The van der Waals surface area contributed by atoms with Gasteiger partial charge in [-0.15, -0.1) is 0 Å². The van der Waals surface area contributed by atoms with Crippen molar-refractivity contribution in [2.24, 2.45) is 7.05 Å². The molecule has 0 bridgehead atoms. The SMILES string of the molecule is Cc1nn(C)c(COCCc2ccccn2)c1Br. The highest BCUT2D eigenvalue weighted by Gasteiger charge is 2.10. The molecule has 0 atom stereocenters. The summed E-state index contributed by atoms with van der Waals surface area (Å²) in [4.78, 5) is 4.26. The number of nitrogens with zero attached hydrogens (tertiary/aromatic N) is 3. The molecule has 96 valence electrons. The first-order valence-corrected chi connectivity index (χ1v) is 6.63. The first-order chi connectivity index (χ1) is 8.68. The number of ether oxygens (including phenoxy) is 1. The van der Waals surface area contributed by atoms with Crippen molar-refractivity contribution in [1.29, 1.82) is 0 Å². The van der Waals surface area contributed by atoms with E-state index in [9.17, 15) is 0 Å². The van der Waals surface area contributed by atoms with Gasteiger partial charge in [0.15, 0.2) is 0 Å². The topological polar surface area (TPSA) is 39.9 Å². The second-order valence-electron chi connectivity index (χ2n) is 4.09. The second-order valence-corrected chi connectivity index (χ2v) is 4.89. The van der Waals surface area contributed by atoms with Crippen LogP contribution < -0.4 is 0 Å². The van der Waals surface area contributed by atoms with E-state index < -0.39 is 0 Å². The van der Waals surface area contributed by atoms with Gasteiger partial charge in [-0.05, 0) is 35.0 Å². The standard InChI is InChI=1S/C13H16BrN3O/c1-10-13(14)12(17(2)16-10)9-18-8-6-11-5-3-4-7-15-11/h3-5,7H,6,8-9H2,1-2H3. The van der Waals surface area contributed by atoms with Gasteiger partial charge in [0.2, 0.25) is 0 Å². The smallest absolute Gasteiger partial charge is 0.0896 e. The third-order valence-corrected chi connectivity index (χ3v) is 3.76. The monoisotopic (exact) mass is 309 g/mol. The van der Waals surface area contributed by atoms with Crippen molar-refractivity contribution < 1.29 is 4.74 Å². The predicted molar refractivity (Wildman–Crippen MR) is 73.2 cm³/mol. The molecule has 4 nitrogen and oxygen atoms in total. The Bertz CT molecular complexity index is 510. The molecule has 0 saturated heterocycles. The molecule has 0 fully saturated rings. The number of rotatable bonds is 5. The Morgan fingerprint density at radius 3 is 2.83 bits per heavy atom. The Labute approximate surface area is 115 Å². The van der Waals surface area contributed by atoms with Crippen molar-refractivity contribution >= 4 is 15.9 Å². The normalized spacial score (nSPS) is 10.8. The highest BCUT2D eigenvalue weighted by Crippen LogP contribution is 2.20. The summed E-state index contributed by atoms with van der Waals surface area (Å²) in [5.41, 5.74) is 3.10. The summed E-state index contributed by atoms with van der Waals surface area (Å²) in [5.74, 6) is 0. The van der Waals surface area contributed by atoms with Gasteiger partial charge in [-0.1, -0.05) is 6.07 Å². The van der Waals surface area contributed by atoms with Gasteiger partial charge in [-0.3, -0.25) is 9.67 Å². The summed E-state index contributed by atoms with van der Waals surface area (Å²) in [6.45, 7) is 3.19. The van der Waals surface area contributed by atoms with E-state index in [-0.39, 0.29) is 0 Å². The van der Waals surface area contributed by atoms with Gasteiger partial charge < -0.3 is 4.74 Å². The Morgan fingerprint density at radius 1 is 1.39 bits per heavy atom. The van der Waals surface area contributed by atoms with Crippen molar-refractivity contribution in [2.75, 3.05) is 6.61 Å². The van der Waals surface area contributed by atoms with E-state index >= 15 is 0 Å². The quantitative estimate of drug-likeness (QED) is 0.797. The summed E-state index contributed by atoms with van der Waals surface area (Å²) in [7, 11) is 1.93. The summed E-state index contributed by atoms with van der Waals surface area (Å²) >= 11 is 3.52. The summed E-state index contributed by atoms with van der Waals surface area (Å²) in [6, 6.07) is 5.91. The number of aryl methyl sites for hydroxylation is 2. The van der Waals surface area contributed by atoms with Crippen LogP contribution in [-0.4, -0.2) is 21.4 Å². The number of hydrogen-bond acceptors (Lipinski definition) is 3. The van der Waals surface area contributed by atoms with E-state index in [1.165, 1.54) is 0 Å². The zero-order chi connectivity index (χ0) is 13.0. The number of pyridine rings is 1. The second kappa shape index (κ2) is 6.11. The third kappa shape index (κ3) is 3.17. The molecule has 0 aliphatic carbocycles. The van der Waals surface area contributed by atoms with E-state index in [4.69, 9.17) is 4.74 Å². The number of halogens is 1. The fraction of sp³-hybridized carbons (Fsp3) is 0.385. The Kier molecular flexibility index (Phi) is 4.49. The molecule has 0 amide bonds. The minimum atomic E-state index is 0.560. The molecule has 0 saturated carbocycles. The van der Waals surface area contributed by atoms with E-state index in [2.05, 4.69) is 26.0 Å². The lowest BCUT2D eigenvalue weighted by Gasteiger charge is -2.05. The van der Waals surface area contributed by atoms with E-state index in [0.29, 0.717) is 13.2 Å². The van der Waals surface area contributed by atoms with Crippen LogP contribution >= 0.6 is 15.9 Å². The lowest BCUT2D eigenvalue weighted by molar-refractivity contribution is 0.117. The summed E-state index contributed by atoms with van der Waals surface area (Å²) in [6.07, 6.45) is 2.63. The average molecular weight is 310 g/mol. The molecule has 0 aliphatic rings. The Morgan fingerprint density at radius 2 is 2.22 bits per heavy atom. The zero-order valence-corrected chi connectivity index (χ0v) is 12.1. The van der Waals surface area contributed by atoms with Crippen molar-refractivity contribution in [1.82, 2.24) is 14.8 Å². The van der Waals surface area contributed by atoms with Gasteiger partial charge in [0.1, 0.15) is 0 Å². The van der Waals surface area contributed by atoms with Crippen LogP contribution in [0.1, 0.15) is 17.1 Å². The molecule has 2 rings (SSSR count). The number of aromatic nitrogens is 3. The molecule has 0 aliphatic heterocycles. The zero-order valence-electron chi connectivity index (χ0n) is 10.6. The highest BCUT2D eigenvalue weighted by atomic mass is 79.9. The number of hydrogen-bond donors (Lipinski definition) is 0. The van der Waals surface area contributed by atoms with E-state index in [1.807, 2.05) is 36.9 Å². The van der Waals surface area contributed by atoms with Crippen LogP contribution in [-0.2, 0) is 24.8 Å². The fourth-order valence-corrected chi connectivity index (χ4v) is 2.18. The maximum Gasteiger partial charge on any atom is 0.0896 e. The van der Waals surface area contributed by atoms with Gasteiger partial charge in [-0.25, -0.2) is 0 Å². The molecular weight excluding hydrogens is 294 g/mol. The van der Waals surface area contributed by atoms with Crippen molar-refractivity contribution in [3.05, 3.63) is 46.0 Å². The average Bonchev–Trinajstić information content (AvgIpc) is 2.61. The molecule has 2 heterocycles. The van der Waals surface area contributed by atoms with Crippen LogP contribution in [0.15, 0.2) is 28.9 Å². The van der Waals surface area contributed by atoms with Gasteiger partial charge in [-0.2, -0.15) is 5.10 Å². The molecular formula is C13H16BrN3O. The van der Waals surface area contributed by atoms with Crippen LogP contribution in [0.5, 0.6) is 0 Å². The lowest BCUT2D eigenvalue weighted by Crippen LogP contribution is -2.04. The van der Waals surface area contributed by atoms with Gasteiger partial charge >= 0.3 is 0 Å². The minimum absolute atomic E-state index is 0.560. The van der Waals surface area contributed by atoms with Gasteiger partial charge in [0, 0.05) is 25.4 Å². The maximum atomic E-state index is 5.67. The molecule has 0 spiro atoms. The predicted octanol–water partition coefficient (Wildman–Crippen LogP) is 2.65. The molecule has 2 aromatic heterocycles. The first-order valence-electron chi connectivity index (χ1n) is 5.84. The van der Waals surface area contributed by atoms with Crippen LogP contribution in [0.2, 0.25) is 0 Å². The van der Waals surface area contributed by atoms with Crippen LogP contribution in [0.25, 0.3) is 0 Å². The summed E-state index contributed by atoms with van der Waals surface area (Å²) < 4.78 is 8.55. The Hall–Kier alpha value is -1.20. The third-order valence-electron chi connectivity index (χ3n) is 2.73. The largest absolute Gasteiger partial charge is 0.375 e. The first kappa shape index (κ1) is 13.2. The molecule has 5 heteroatoms. The maximum absolute atomic E-state index is 5.67. The van der Waals surface area contributed by atoms with Crippen LogP contribution in [0.4, 0.5) is 0 Å².